The predicted octanol–water partition coefficient (Wildman–Crippen LogP) is 3.90. The number of alkyl halides is 2. The largest absolute Gasteiger partial charge is 0.380 e. The average Bonchev–Trinajstić information content (AvgIpc) is 3.05. The summed E-state index contributed by atoms with van der Waals surface area (Å²) in [6.45, 7) is 7.62. The molecule has 2 saturated heterocycles. The van der Waals surface area contributed by atoms with E-state index in [1.54, 1.807) is 23.2 Å². The Morgan fingerprint density at radius 1 is 1.14 bits per heavy atom. The zero-order valence-electron chi connectivity index (χ0n) is 17.3. The van der Waals surface area contributed by atoms with Crippen molar-refractivity contribution in [1.29, 1.82) is 0 Å². The number of rotatable bonds is 5. The van der Waals surface area contributed by atoms with Crippen LogP contribution in [0.5, 0.6) is 0 Å². The third kappa shape index (κ3) is 3.42. The van der Waals surface area contributed by atoms with Gasteiger partial charge in [-0.2, -0.15) is 0 Å². The van der Waals surface area contributed by atoms with Gasteiger partial charge in [-0.25, -0.2) is 13.8 Å². The minimum absolute atomic E-state index is 0.165. The van der Waals surface area contributed by atoms with Crippen molar-refractivity contribution in [1.82, 2.24) is 10.3 Å². The van der Waals surface area contributed by atoms with Crippen LogP contribution in [0.3, 0.4) is 0 Å². The molecule has 6 heteroatoms. The maximum atomic E-state index is 13.7. The molecular formula is C23H29F2N3O. The van der Waals surface area contributed by atoms with Crippen LogP contribution in [0.15, 0.2) is 42.6 Å². The highest BCUT2D eigenvalue weighted by Crippen LogP contribution is 2.48. The molecule has 0 amide bonds. The van der Waals surface area contributed by atoms with Crippen molar-refractivity contribution in [3.8, 4) is 0 Å². The first-order valence-electron chi connectivity index (χ1n) is 10.3. The van der Waals surface area contributed by atoms with Gasteiger partial charge >= 0.3 is 0 Å². The molecular weight excluding hydrogens is 372 g/mol. The summed E-state index contributed by atoms with van der Waals surface area (Å²) >= 11 is 0. The first-order valence-corrected chi connectivity index (χ1v) is 10.3. The van der Waals surface area contributed by atoms with Crippen LogP contribution >= 0.6 is 0 Å². The molecule has 0 radical (unpaired) electrons. The summed E-state index contributed by atoms with van der Waals surface area (Å²) in [4.78, 5) is 5.93. The Morgan fingerprint density at radius 3 is 2.34 bits per heavy atom. The van der Waals surface area contributed by atoms with E-state index < -0.39 is 16.9 Å². The van der Waals surface area contributed by atoms with E-state index in [2.05, 4.69) is 43.2 Å². The Labute approximate surface area is 171 Å². The molecule has 2 fully saturated rings. The average molecular weight is 402 g/mol. The SMILES string of the molecule is CC(C)c1ccc([C@](O)(c2ccnc(N3CCC(F)(F)C3)c2)C2(C)CNC2)cc1. The van der Waals surface area contributed by atoms with Gasteiger partial charge in [0.15, 0.2) is 0 Å². The first kappa shape index (κ1) is 20.2. The molecule has 0 spiro atoms. The standard InChI is InChI=1S/C23H29F2N3O/c1-16(2)17-4-6-18(7-5-17)23(29,21(3)13-26-14-21)19-8-10-27-20(12-19)28-11-9-22(24,25)15-28/h4-8,10,12,16,26,29H,9,11,13-15H2,1-3H3/t23-/m0/s1. The molecule has 0 aliphatic carbocycles. The highest BCUT2D eigenvalue weighted by molar-refractivity contribution is 5.49. The summed E-state index contributed by atoms with van der Waals surface area (Å²) in [5.74, 6) is -1.79. The Kier molecular flexibility index (Phi) is 4.90. The van der Waals surface area contributed by atoms with Crippen molar-refractivity contribution in [2.24, 2.45) is 5.41 Å². The first-order chi connectivity index (χ1) is 13.6. The van der Waals surface area contributed by atoms with E-state index in [0.717, 1.165) is 5.56 Å². The number of nitrogens with one attached hydrogen (secondary N) is 1. The third-order valence-electron chi connectivity index (χ3n) is 6.56. The lowest BCUT2D eigenvalue weighted by molar-refractivity contribution is -0.0767. The number of nitrogens with zero attached hydrogens (tertiary/aromatic N) is 2. The van der Waals surface area contributed by atoms with Crippen LogP contribution in [-0.2, 0) is 5.60 Å². The fraction of sp³-hybridized carbons (Fsp3) is 0.522. The van der Waals surface area contributed by atoms with Crippen molar-refractivity contribution in [2.75, 3.05) is 31.1 Å². The van der Waals surface area contributed by atoms with E-state index in [1.165, 1.54) is 5.56 Å². The quantitative estimate of drug-likeness (QED) is 0.798. The Balaban J connectivity index is 1.76. The Bertz CT molecular complexity index is 880. The molecule has 1 aromatic heterocycles. The molecule has 29 heavy (non-hydrogen) atoms. The molecule has 4 nitrogen and oxygen atoms in total. The number of aliphatic hydroxyl groups is 1. The number of hydrogen-bond acceptors (Lipinski definition) is 4. The van der Waals surface area contributed by atoms with Crippen LogP contribution in [0.25, 0.3) is 0 Å². The molecule has 2 N–H and O–H groups in total. The lowest BCUT2D eigenvalue weighted by atomic mass is 9.62. The van der Waals surface area contributed by atoms with E-state index in [-0.39, 0.29) is 19.5 Å². The second kappa shape index (κ2) is 7.03. The number of halogens is 2. The maximum Gasteiger partial charge on any atom is 0.266 e. The molecule has 0 saturated carbocycles. The van der Waals surface area contributed by atoms with Gasteiger partial charge in [0, 0.05) is 37.7 Å². The van der Waals surface area contributed by atoms with Crippen molar-refractivity contribution in [2.45, 2.75) is 44.6 Å². The zero-order valence-corrected chi connectivity index (χ0v) is 17.3. The van der Waals surface area contributed by atoms with Gasteiger partial charge < -0.3 is 15.3 Å². The topological polar surface area (TPSA) is 48.4 Å². The van der Waals surface area contributed by atoms with Gasteiger partial charge in [-0.1, -0.05) is 45.0 Å². The van der Waals surface area contributed by atoms with Gasteiger partial charge in [-0.3, -0.25) is 0 Å². The van der Waals surface area contributed by atoms with Crippen LogP contribution < -0.4 is 10.2 Å². The molecule has 1 atom stereocenters. The molecule has 156 valence electrons. The smallest absolute Gasteiger partial charge is 0.266 e. The molecule has 2 aromatic rings. The fourth-order valence-corrected chi connectivity index (χ4v) is 4.48. The lowest BCUT2D eigenvalue weighted by Gasteiger charge is -2.52. The number of benzene rings is 1. The van der Waals surface area contributed by atoms with Gasteiger partial charge in [0.25, 0.3) is 5.92 Å². The third-order valence-corrected chi connectivity index (χ3v) is 6.56. The molecule has 4 rings (SSSR count). The summed E-state index contributed by atoms with van der Waals surface area (Å²) in [5, 5.41) is 15.4. The van der Waals surface area contributed by atoms with Crippen LogP contribution in [0.4, 0.5) is 14.6 Å². The van der Waals surface area contributed by atoms with E-state index in [0.29, 0.717) is 30.4 Å². The van der Waals surface area contributed by atoms with Crippen molar-refractivity contribution in [3.05, 3.63) is 59.3 Å². The van der Waals surface area contributed by atoms with Crippen molar-refractivity contribution >= 4 is 5.82 Å². The second-order valence-corrected chi connectivity index (χ2v) is 9.08. The van der Waals surface area contributed by atoms with E-state index in [4.69, 9.17) is 0 Å². The normalized spacial score (nSPS) is 22.4. The molecule has 2 aliphatic heterocycles. The summed E-state index contributed by atoms with van der Waals surface area (Å²) in [5.41, 5.74) is 1.07. The molecule has 3 heterocycles. The minimum Gasteiger partial charge on any atom is -0.380 e. The summed E-state index contributed by atoms with van der Waals surface area (Å²) in [6, 6.07) is 11.7. The Morgan fingerprint density at radius 2 is 1.83 bits per heavy atom. The predicted molar refractivity (Wildman–Crippen MR) is 111 cm³/mol. The summed E-state index contributed by atoms with van der Waals surface area (Å²) < 4.78 is 27.4. The molecule has 0 bridgehead atoms. The number of pyridine rings is 1. The van der Waals surface area contributed by atoms with Gasteiger partial charge in [0.1, 0.15) is 11.4 Å². The van der Waals surface area contributed by atoms with Crippen molar-refractivity contribution < 1.29 is 13.9 Å². The van der Waals surface area contributed by atoms with Crippen LogP contribution in [0.1, 0.15) is 49.8 Å². The van der Waals surface area contributed by atoms with Crippen LogP contribution in [0, 0.1) is 5.41 Å². The summed E-state index contributed by atoms with van der Waals surface area (Å²) in [6.07, 6.45) is 1.45. The highest BCUT2D eigenvalue weighted by Gasteiger charge is 2.53. The van der Waals surface area contributed by atoms with E-state index in [1.807, 2.05) is 12.1 Å². The second-order valence-electron chi connectivity index (χ2n) is 9.08. The monoisotopic (exact) mass is 401 g/mol. The maximum absolute atomic E-state index is 13.7. The number of aromatic nitrogens is 1. The van der Waals surface area contributed by atoms with Crippen LogP contribution in [0.2, 0.25) is 0 Å². The zero-order chi connectivity index (χ0) is 20.9. The van der Waals surface area contributed by atoms with Crippen molar-refractivity contribution in [3.63, 3.8) is 0 Å². The number of anilines is 1. The lowest BCUT2D eigenvalue weighted by Crippen LogP contribution is -2.63. The Hall–Kier alpha value is -2.05. The van der Waals surface area contributed by atoms with E-state index >= 15 is 0 Å². The molecule has 1 aromatic carbocycles. The van der Waals surface area contributed by atoms with Gasteiger partial charge in [-0.05, 0) is 34.7 Å². The fourth-order valence-electron chi connectivity index (χ4n) is 4.48. The summed E-state index contributed by atoms with van der Waals surface area (Å²) in [7, 11) is 0. The van der Waals surface area contributed by atoms with Crippen LogP contribution in [-0.4, -0.2) is 42.2 Å². The van der Waals surface area contributed by atoms with Gasteiger partial charge in [0.2, 0.25) is 0 Å². The highest BCUT2D eigenvalue weighted by atomic mass is 19.3. The minimum atomic E-state index is -2.69. The molecule has 0 unspecified atom stereocenters. The van der Waals surface area contributed by atoms with Gasteiger partial charge in [-0.15, -0.1) is 0 Å². The number of hydrogen-bond donors (Lipinski definition) is 2. The molecule has 2 aliphatic rings. The van der Waals surface area contributed by atoms with Gasteiger partial charge in [0.05, 0.1) is 6.54 Å². The van der Waals surface area contributed by atoms with E-state index in [9.17, 15) is 13.9 Å².